The fraction of sp³-hybridized carbons (Fsp3) is 0.682. The molecule has 1 saturated carbocycles. The highest BCUT2D eigenvalue weighted by Gasteiger charge is 2.22. The fourth-order valence-corrected chi connectivity index (χ4v) is 4.50. The number of carbonyl (C=O) groups excluding carboxylic acids is 1. The Morgan fingerprint density at radius 2 is 1.90 bits per heavy atom. The average Bonchev–Trinajstić information content (AvgIpc) is 3.09. The van der Waals surface area contributed by atoms with Crippen LogP contribution in [0.3, 0.4) is 0 Å². The molecule has 2 aliphatic heterocycles. The van der Waals surface area contributed by atoms with Crippen LogP contribution in [0.1, 0.15) is 38.5 Å². The van der Waals surface area contributed by atoms with Crippen LogP contribution in [0.15, 0.2) is 18.2 Å². The van der Waals surface area contributed by atoms with E-state index in [1.165, 1.54) is 38.6 Å². The molecule has 0 spiro atoms. The predicted molar refractivity (Wildman–Crippen MR) is 111 cm³/mol. The maximum Gasteiger partial charge on any atom is 0.317 e. The molecule has 0 atom stereocenters. The molecule has 0 unspecified atom stereocenters. The van der Waals surface area contributed by atoms with Crippen LogP contribution in [0.5, 0.6) is 17.2 Å². The van der Waals surface area contributed by atoms with Gasteiger partial charge < -0.3 is 29.3 Å². The molecule has 0 aromatic heterocycles. The SMILES string of the molecule is O=C(NCCOc1ccc2c(c1)OCO2)N1CCCN(CC2CCCCC2)CC1. The second-order valence-corrected chi connectivity index (χ2v) is 8.24. The molecule has 1 aliphatic carbocycles. The Morgan fingerprint density at radius 1 is 1.03 bits per heavy atom. The minimum atomic E-state index is 0.0128. The van der Waals surface area contributed by atoms with Gasteiger partial charge in [-0.1, -0.05) is 19.3 Å². The Bertz CT molecular complexity index is 678. The van der Waals surface area contributed by atoms with E-state index in [0.717, 1.165) is 50.0 Å². The quantitative estimate of drug-likeness (QED) is 0.740. The van der Waals surface area contributed by atoms with Crippen LogP contribution in [0.25, 0.3) is 0 Å². The number of nitrogens with one attached hydrogen (secondary N) is 1. The predicted octanol–water partition coefficient (Wildman–Crippen LogP) is 3.09. The van der Waals surface area contributed by atoms with Crippen molar-refractivity contribution in [1.29, 1.82) is 0 Å². The Balaban J connectivity index is 1.14. The molecule has 0 bridgehead atoms. The van der Waals surface area contributed by atoms with Crippen LogP contribution in [0, 0.1) is 5.92 Å². The van der Waals surface area contributed by atoms with E-state index in [9.17, 15) is 4.79 Å². The second-order valence-electron chi connectivity index (χ2n) is 8.24. The number of hydrogen-bond donors (Lipinski definition) is 1. The van der Waals surface area contributed by atoms with E-state index in [4.69, 9.17) is 14.2 Å². The van der Waals surface area contributed by atoms with Crippen LogP contribution in [-0.4, -0.2) is 68.5 Å². The lowest BCUT2D eigenvalue weighted by Crippen LogP contribution is -2.43. The minimum Gasteiger partial charge on any atom is -0.492 e. The molecule has 0 radical (unpaired) electrons. The van der Waals surface area contributed by atoms with Crippen LogP contribution in [0.4, 0.5) is 4.79 Å². The minimum absolute atomic E-state index is 0.0128. The molecule has 3 aliphatic rings. The molecule has 1 aromatic carbocycles. The Hall–Kier alpha value is -2.15. The molecule has 1 saturated heterocycles. The van der Waals surface area contributed by atoms with E-state index in [0.29, 0.717) is 18.9 Å². The van der Waals surface area contributed by atoms with Gasteiger partial charge in [-0.3, -0.25) is 0 Å². The molecule has 29 heavy (non-hydrogen) atoms. The van der Waals surface area contributed by atoms with Crippen molar-refractivity contribution in [2.75, 3.05) is 52.7 Å². The summed E-state index contributed by atoms with van der Waals surface area (Å²) in [6, 6.07) is 5.52. The van der Waals surface area contributed by atoms with Gasteiger partial charge in [-0.25, -0.2) is 4.79 Å². The zero-order valence-corrected chi connectivity index (χ0v) is 17.2. The third-order valence-corrected chi connectivity index (χ3v) is 6.11. The zero-order chi connectivity index (χ0) is 19.9. The Morgan fingerprint density at radius 3 is 2.79 bits per heavy atom. The van der Waals surface area contributed by atoms with Gasteiger partial charge in [-0.05, 0) is 43.9 Å². The zero-order valence-electron chi connectivity index (χ0n) is 17.2. The largest absolute Gasteiger partial charge is 0.492 e. The second kappa shape index (κ2) is 10.1. The molecule has 1 N–H and O–H groups in total. The number of benzene rings is 1. The van der Waals surface area contributed by atoms with Crippen molar-refractivity contribution in [1.82, 2.24) is 15.1 Å². The van der Waals surface area contributed by atoms with Gasteiger partial charge in [0.2, 0.25) is 6.79 Å². The maximum absolute atomic E-state index is 12.5. The summed E-state index contributed by atoms with van der Waals surface area (Å²) >= 11 is 0. The highest BCUT2D eigenvalue weighted by Crippen LogP contribution is 2.35. The van der Waals surface area contributed by atoms with Crippen molar-refractivity contribution in [3.05, 3.63) is 18.2 Å². The van der Waals surface area contributed by atoms with E-state index in [2.05, 4.69) is 10.2 Å². The first-order chi connectivity index (χ1) is 14.3. The van der Waals surface area contributed by atoms with Gasteiger partial charge in [0.15, 0.2) is 11.5 Å². The Labute approximate surface area is 173 Å². The van der Waals surface area contributed by atoms with Crippen molar-refractivity contribution in [3.63, 3.8) is 0 Å². The number of urea groups is 1. The van der Waals surface area contributed by atoms with Crippen molar-refractivity contribution < 1.29 is 19.0 Å². The summed E-state index contributed by atoms with van der Waals surface area (Å²) in [6.07, 6.45) is 7.99. The highest BCUT2D eigenvalue weighted by molar-refractivity contribution is 5.74. The summed E-state index contributed by atoms with van der Waals surface area (Å²) in [5, 5.41) is 2.99. The first-order valence-electron chi connectivity index (χ1n) is 11.1. The molecular formula is C22H33N3O4. The monoisotopic (exact) mass is 403 g/mol. The summed E-state index contributed by atoms with van der Waals surface area (Å²) in [5.74, 6) is 3.02. The van der Waals surface area contributed by atoms with E-state index in [1.54, 1.807) is 0 Å². The van der Waals surface area contributed by atoms with E-state index in [1.807, 2.05) is 23.1 Å². The topological polar surface area (TPSA) is 63.3 Å². The van der Waals surface area contributed by atoms with Crippen LogP contribution in [-0.2, 0) is 0 Å². The maximum atomic E-state index is 12.5. The fourth-order valence-electron chi connectivity index (χ4n) is 4.50. The molecule has 1 aromatic rings. The lowest BCUT2D eigenvalue weighted by molar-refractivity contribution is 0.173. The van der Waals surface area contributed by atoms with Crippen molar-refractivity contribution in [2.45, 2.75) is 38.5 Å². The highest BCUT2D eigenvalue weighted by atomic mass is 16.7. The number of carbonyl (C=O) groups is 1. The van der Waals surface area contributed by atoms with Crippen molar-refractivity contribution >= 4 is 6.03 Å². The normalized spacial score (nSPS) is 20.3. The van der Waals surface area contributed by atoms with Gasteiger partial charge in [-0.2, -0.15) is 0 Å². The summed E-state index contributed by atoms with van der Waals surface area (Å²) in [4.78, 5) is 17.0. The lowest BCUT2D eigenvalue weighted by atomic mass is 9.89. The number of amides is 2. The smallest absolute Gasteiger partial charge is 0.317 e. The standard InChI is InChI=1S/C22H33N3O4/c26-22(23-9-14-27-19-7-8-20-21(15-19)29-17-28-20)25-11-4-10-24(12-13-25)16-18-5-2-1-3-6-18/h7-8,15,18H,1-6,9-14,16-17H2,(H,23,26). The lowest BCUT2D eigenvalue weighted by Gasteiger charge is -2.28. The van der Waals surface area contributed by atoms with Crippen LogP contribution >= 0.6 is 0 Å². The van der Waals surface area contributed by atoms with Gasteiger partial charge in [0.1, 0.15) is 12.4 Å². The van der Waals surface area contributed by atoms with Gasteiger partial charge in [0.05, 0.1) is 6.54 Å². The molecule has 2 amide bonds. The van der Waals surface area contributed by atoms with Gasteiger partial charge in [0.25, 0.3) is 0 Å². The van der Waals surface area contributed by atoms with E-state index >= 15 is 0 Å². The third-order valence-electron chi connectivity index (χ3n) is 6.11. The summed E-state index contributed by atoms with van der Waals surface area (Å²) in [7, 11) is 0. The number of fused-ring (bicyclic) bond motifs is 1. The molecule has 2 fully saturated rings. The first kappa shape index (κ1) is 20.1. The number of hydrogen-bond acceptors (Lipinski definition) is 5. The van der Waals surface area contributed by atoms with E-state index in [-0.39, 0.29) is 12.8 Å². The van der Waals surface area contributed by atoms with Gasteiger partial charge in [0, 0.05) is 32.2 Å². The molecular weight excluding hydrogens is 370 g/mol. The van der Waals surface area contributed by atoms with E-state index < -0.39 is 0 Å². The van der Waals surface area contributed by atoms with Crippen LogP contribution in [0.2, 0.25) is 0 Å². The summed E-state index contributed by atoms with van der Waals surface area (Å²) in [5.41, 5.74) is 0. The van der Waals surface area contributed by atoms with Crippen molar-refractivity contribution in [2.24, 2.45) is 5.92 Å². The average molecular weight is 404 g/mol. The number of ether oxygens (including phenoxy) is 3. The molecule has 160 valence electrons. The van der Waals surface area contributed by atoms with Gasteiger partial charge in [-0.15, -0.1) is 0 Å². The number of rotatable bonds is 6. The molecule has 4 rings (SSSR count). The molecule has 2 heterocycles. The molecule has 7 heteroatoms. The Kier molecular flexibility index (Phi) is 6.98. The summed E-state index contributed by atoms with van der Waals surface area (Å²) < 4.78 is 16.4. The molecule has 7 nitrogen and oxygen atoms in total. The van der Waals surface area contributed by atoms with Gasteiger partial charge >= 0.3 is 6.03 Å². The third kappa shape index (κ3) is 5.69. The first-order valence-corrected chi connectivity index (χ1v) is 11.1. The number of nitrogens with zero attached hydrogens (tertiary/aromatic N) is 2. The van der Waals surface area contributed by atoms with Crippen LogP contribution < -0.4 is 19.5 Å². The summed E-state index contributed by atoms with van der Waals surface area (Å²) in [6.45, 7) is 6.09. The van der Waals surface area contributed by atoms with Crippen molar-refractivity contribution in [3.8, 4) is 17.2 Å².